The number of aromatic carboxylic acids is 1. The zero-order valence-electron chi connectivity index (χ0n) is 10.9. The highest BCUT2D eigenvalue weighted by Gasteiger charge is 2.40. The first-order valence-corrected chi connectivity index (χ1v) is 6.98. The van der Waals surface area contributed by atoms with Crippen LogP contribution in [0.15, 0.2) is 12.5 Å². The molecule has 0 spiro atoms. The summed E-state index contributed by atoms with van der Waals surface area (Å²) in [6.07, 6.45) is 8.26. The summed E-state index contributed by atoms with van der Waals surface area (Å²) in [6.45, 7) is 1.50. The Bertz CT molecular complexity index is 458. The van der Waals surface area contributed by atoms with E-state index >= 15 is 0 Å². The molecule has 19 heavy (non-hydrogen) atoms. The van der Waals surface area contributed by atoms with E-state index in [9.17, 15) is 4.79 Å². The normalized spacial score (nSPS) is 18.8. The number of nitrogens with zero attached hydrogens (tertiary/aromatic N) is 2. The van der Waals surface area contributed by atoms with Gasteiger partial charge in [0.2, 0.25) is 0 Å². The quantitative estimate of drug-likeness (QED) is 0.781. The van der Waals surface area contributed by atoms with Crippen LogP contribution in [0.4, 0.5) is 0 Å². The molecule has 2 aliphatic carbocycles. The minimum atomic E-state index is -0.960. The molecule has 0 bridgehead atoms. The number of carboxylic acids is 1. The van der Waals surface area contributed by atoms with Crippen molar-refractivity contribution in [3.05, 3.63) is 23.8 Å². The fourth-order valence-electron chi connectivity index (χ4n) is 2.80. The number of carbonyl (C=O) groups is 1. The lowest BCUT2D eigenvalue weighted by molar-refractivity contribution is 0.0694. The van der Waals surface area contributed by atoms with Gasteiger partial charge in [0.25, 0.3) is 0 Å². The zero-order chi connectivity index (χ0) is 13.2. The summed E-state index contributed by atoms with van der Waals surface area (Å²) in [5.74, 6) is 1.64. The molecule has 0 atom stereocenters. The summed E-state index contributed by atoms with van der Waals surface area (Å²) < 4.78 is 0. The van der Waals surface area contributed by atoms with Crippen LogP contribution in [0.5, 0.6) is 0 Å². The first-order valence-electron chi connectivity index (χ1n) is 6.98. The molecule has 1 aromatic rings. The first kappa shape index (κ1) is 12.5. The fourth-order valence-corrected chi connectivity index (χ4v) is 2.80. The molecule has 0 saturated heterocycles. The molecule has 0 aromatic carbocycles. The zero-order valence-corrected chi connectivity index (χ0v) is 10.9. The van der Waals surface area contributed by atoms with Crippen LogP contribution in [0.25, 0.3) is 0 Å². The number of carboxylic acid groups (broad SMARTS) is 1. The standard InChI is InChI=1S/C14H19N3O2/c18-14(19)12-6-16-8-17-13(12)7-15-5-11(9-1-2-9)10-3-4-10/h6,8-11,15H,1-5,7H2,(H,18,19). The molecular weight excluding hydrogens is 242 g/mol. The van der Waals surface area contributed by atoms with Crippen molar-refractivity contribution in [1.29, 1.82) is 0 Å². The molecule has 5 heteroatoms. The summed E-state index contributed by atoms with van der Waals surface area (Å²) in [5.41, 5.74) is 0.775. The van der Waals surface area contributed by atoms with E-state index < -0.39 is 5.97 Å². The summed E-state index contributed by atoms with van der Waals surface area (Å²) in [7, 11) is 0. The van der Waals surface area contributed by atoms with Gasteiger partial charge in [0.15, 0.2) is 0 Å². The molecule has 2 aliphatic rings. The van der Waals surface area contributed by atoms with Gasteiger partial charge in [-0.1, -0.05) is 0 Å². The Labute approximate surface area is 112 Å². The van der Waals surface area contributed by atoms with Crippen LogP contribution in [0.2, 0.25) is 0 Å². The highest BCUT2D eigenvalue weighted by molar-refractivity contribution is 5.88. The van der Waals surface area contributed by atoms with Gasteiger partial charge in [0, 0.05) is 12.7 Å². The lowest BCUT2D eigenvalue weighted by Gasteiger charge is -2.16. The smallest absolute Gasteiger partial charge is 0.339 e. The topological polar surface area (TPSA) is 75.1 Å². The van der Waals surface area contributed by atoms with Gasteiger partial charge in [-0.25, -0.2) is 14.8 Å². The number of nitrogens with one attached hydrogen (secondary N) is 1. The van der Waals surface area contributed by atoms with Crippen molar-refractivity contribution in [3.63, 3.8) is 0 Å². The van der Waals surface area contributed by atoms with Gasteiger partial charge >= 0.3 is 5.97 Å². The monoisotopic (exact) mass is 261 g/mol. The lowest BCUT2D eigenvalue weighted by atomic mass is 9.98. The van der Waals surface area contributed by atoms with Crippen LogP contribution in [0.1, 0.15) is 41.7 Å². The Hall–Kier alpha value is -1.49. The third-order valence-corrected chi connectivity index (χ3v) is 4.15. The second-order valence-electron chi connectivity index (χ2n) is 5.66. The van der Waals surface area contributed by atoms with Gasteiger partial charge in [-0.05, 0) is 50.0 Å². The van der Waals surface area contributed by atoms with Gasteiger partial charge in [-0.2, -0.15) is 0 Å². The van der Waals surface area contributed by atoms with E-state index in [1.807, 2.05) is 0 Å². The maximum atomic E-state index is 11.0. The molecule has 102 valence electrons. The van der Waals surface area contributed by atoms with Crippen molar-refractivity contribution in [2.75, 3.05) is 6.54 Å². The second kappa shape index (κ2) is 5.25. The SMILES string of the molecule is O=C(O)c1cncnc1CNCC(C1CC1)C1CC1. The fraction of sp³-hybridized carbons (Fsp3) is 0.643. The van der Waals surface area contributed by atoms with Gasteiger partial charge < -0.3 is 10.4 Å². The molecule has 0 radical (unpaired) electrons. The minimum Gasteiger partial charge on any atom is -0.478 e. The van der Waals surface area contributed by atoms with Gasteiger partial charge in [0.1, 0.15) is 11.9 Å². The van der Waals surface area contributed by atoms with E-state index in [1.54, 1.807) is 0 Å². The second-order valence-corrected chi connectivity index (χ2v) is 5.66. The number of aromatic nitrogens is 2. The first-order chi connectivity index (χ1) is 9.25. The molecule has 1 heterocycles. The van der Waals surface area contributed by atoms with Crippen LogP contribution >= 0.6 is 0 Å². The molecule has 1 aromatic heterocycles. The van der Waals surface area contributed by atoms with E-state index in [2.05, 4.69) is 15.3 Å². The van der Waals surface area contributed by atoms with Gasteiger partial charge in [0.05, 0.1) is 5.69 Å². The average molecular weight is 261 g/mol. The molecule has 2 saturated carbocycles. The van der Waals surface area contributed by atoms with Crippen molar-refractivity contribution in [1.82, 2.24) is 15.3 Å². The summed E-state index contributed by atoms with van der Waals surface area (Å²) >= 11 is 0. The van der Waals surface area contributed by atoms with E-state index in [0.29, 0.717) is 12.2 Å². The van der Waals surface area contributed by atoms with Crippen molar-refractivity contribution in [2.24, 2.45) is 17.8 Å². The van der Waals surface area contributed by atoms with Crippen LogP contribution in [-0.4, -0.2) is 27.6 Å². The van der Waals surface area contributed by atoms with E-state index in [1.165, 1.54) is 38.2 Å². The maximum Gasteiger partial charge on any atom is 0.339 e. The van der Waals surface area contributed by atoms with Crippen molar-refractivity contribution >= 4 is 5.97 Å². The molecule has 5 nitrogen and oxygen atoms in total. The van der Waals surface area contributed by atoms with Crippen LogP contribution < -0.4 is 5.32 Å². The van der Waals surface area contributed by atoms with Gasteiger partial charge in [-0.3, -0.25) is 0 Å². The molecule has 2 N–H and O–H groups in total. The van der Waals surface area contributed by atoms with Crippen molar-refractivity contribution < 1.29 is 9.90 Å². The average Bonchev–Trinajstić information content (AvgIpc) is 3.28. The van der Waals surface area contributed by atoms with Crippen molar-refractivity contribution in [3.8, 4) is 0 Å². The van der Waals surface area contributed by atoms with Crippen LogP contribution in [-0.2, 0) is 6.54 Å². The maximum absolute atomic E-state index is 11.0. The highest BCUT2D eigenvalue weighted by atomic mass is 16.4. The number of hydrogen-bond acceptors (Lipinski definition) is 4. The minimum absolute atomic E-state index is 0.199. The third-order valence-electron chi connectivity index (χ3n) is 4.15. The predicted octanol–water partition coefficient (Wildman–Crippen LogP) is 1.70. The number of rotatable bonds is 7. The summed E-state index contributed by atoms with van der Waals surface area (Å²) in [4.78, 5) is 18.9. The molecule has 2 fully saturated rings. The Morgan fingerprint density at radius 2 is 2.05 bits per heavy atom. The Morgan fingerprint density at radius 1 is 1.37 bits per heavy atom. The molecule has 0 amide bonds. The predicted molar refractivity (Wildman–Crippen MR) is 69.6 cm³/mol. The molecule has 0 aliphatic heterocycles. The van der Waals surface area contributed by atoms with Crippen LogP contribution in [0.3, 0.4) is 0 Å². The van der Waals surface area contributed by atoms with E-state index in [0.717, 1.165) is 24.3 Å². The van der Waals surface area contributed by atoms with E-state index in [4.69, 9.17) is 5.11 Å². The third kappa shape index (κ3) is 3.10. The molecule has 0 unspecified atom stereocenters. The molecule has 3 rings (SSSR count). The van der Waals surface area contributed by atoms with E-state index in [-0.39, 0.29) is 5.56 Å². The largest absolute Gasteiger partial charge is 0.478 e. The lowest BCUT2D eigenvalue weighted by Crippen LogP contribution is -2.26. The Morgan fingerprint density at radius 3 is 2.63 bits per heavy atom. The number of hydrogen-bond donors (Lipinski definition) is 2. The Balaban J connectivity index is 1.55. The van der Waals surface area contributed by atoms with Gasteiger partial charge in [-0.15, -0.1) is 0 Å². The Kier molecular flexibility index (Phi) is 3.46. The summed E-state index contributed by atoms with van der Waals surface area (Å²) in [5, 5.41) is 12.4. The summed E-state index contributed by atoms with van der Waals surface area (Å²) in [6, 6.07) is 0. The van der Waals surface area contributed by atoms with Crippen molar-refractivity contribution in [2.45, 2.75) is 32.2 Å². The highest BCUT2D eigenvalue weighted by Crippen LogP contribution is 2.48. The van der Waals surface area contributed by atoms with Crippen LogP contribution in [0, 0.1) is 17.8 Å². The molecular formula is C14H19N3O2.